The van der Waals surface area contributed by atoms with Crippen LogP contribution in [0.15, 0.2) is 0 Å². The van der Waals surface area contributed by atoms with E-state index in [0.717, 1.165) is 32.1 Å². The average Bonchev–Trinajstić information content (AvgIpc) is 2.44. The molecule has 0 aromatic heterocycles. The third-order valence-corrected chi connectivity index (χ3v) is 6.28. The summed E-state index contributed by atoms with van der Waals surface area (Å²) in [4.78, 5) is 2.86. The number of hydrogen-bond acceptors (Lipinski definition) is 4. The Morgan fingerprint density at radius 2 is 1.71 bits per heavy atom. The van der Waals surface area contributed by atoms with Crippen molar-refractivity contribution >= 4 is 10.2 Å². The Morgan fingerprint density at radius 3 is 2.33 bits per heavy atom. The van der Waals surface area contributed by atoms with Crippen molar-refractivity contribution < 1.29 is 8.42 Å². The lowest BCUT2D eigenvalue weighted by molar-refractivity contribution is 0.0740. The summed E-state index contributed by atoms with van der Waals surface area (Å²) < 4.78 is 27.2. The van der Waals surface area contributed by atoms with Crippen molar-refractivity contribution in [3.63, 3.8) is 0 Å². The molecule has 2 rings (SSSR count). The lowest BCUT2D eigenvalue weighted by Gasteiger charge is -2.41. The Hall–Kier alpha value is -0.210. The first-order valence-electron chi connectivity index (χ1n) is 8.18. The molecule has 2 aliphatic heterocycles. The summed E-state index contributed by atoms with van der Waals surface area (Å²) in [5.41, 5.74) is 0. The smallest absolute Gasteiger partial charge is 0.292 e. The molecule has 2 heterocycles. The molecule has 0 amide bonds. The van der Waals surface area contributed by atoms with E-state index in [1.54, 1.807) is 4.31 Å². The fraction of sp³-hybridized carbons (Fsp3) is 1.00. The zero-order valence-corrected chi connectivity index (χ0v) is 14.3. The van der Waals surface area contributed by atoms with Gasteiger partial charge >= 0.3 is 0 Å². The van der Waals surface area contributed by atoms with Crippen molar-refractivity contribution in [3.8, 4) is 0 Å². The first kappa shape index (κ1) is 17.1. The van der Waals surface area contributed by atoms with Crippen LogP contribution >= 0.6 is 0 Å². The van der Waals surface area contributed by atoms with Crippen LogP contribution in [0.5, 0.6) is 0 Å². The Morgan fingerprint density at radius 1 is 1.05 bits per heavy atom. The second-order valence-corrected chi connectivity index (χ2v) is 8.05. The van der Waals surface area contributed by atoms with Gasteiger partial charge in [-0.1, -0.05) is 12.8 Å². The number of nitrogens with one attached hydrogen (secondary N) is 2. The van der Waals surface area contributed by atoms with Gasteiger partial charge in [-0.25, -0.2) is 5.01 Å². The van der Waals surface area contributed by atoms with Gasteiger partial charge in [0.2, 0.25) is 0 Å². The summed E-state index contributed by atoms with van der Waals surface area (Å²) in [6.07, 6.45) is 6.26. The van der Waals surface area contributed by atoms with Gasteiger partial charge in [0.25, 0.3) is 10.2 Å². The molecule has 0 saturated carbocycles. The molecule has 0 aromatic carbocycles. The third-order valence-electron chi connectivity index (χ3n) is 4.74. The number of nitrogens with zero attached hydrogens (tertiary/aromatic N) is 2. The lowest BCUT2D eigenvalue weighted by atomic mass is 10.0. The zero-order valence-electron chi connectivity index (χ0n) is 13.5. The molecule has 2 N–H and O–H groups in total. The van der Waals surface area contributed by atoms with Crippen molar-refractivity contribution in [2.45, 2.75) is 70.5 Å². The number of rotatable bonds is 5. The van der Waals surface area contributed by atoms with Crippen LogP contribution in [0.25, 0.3) is 0 Å². The summed E-state index contributed by atoms with van der Waals surface area (Å²) in [6, 6.07) is 0.587. The minimum Gasteiger partial charge on any atom is -0.318 e. The monoisotopic (exact) mass is 318 g/mol. The fourth-order valence-electron chi connectivity index (χ4n) is 3.52. The van der Waals surface area contributed by atoms with E-state index >= 15 is 0 Å². The highest BCUT2D eigenvalue weighted by atomic mass is 32.2. The van der Waals surface area contributed by atoms with Gasteiger partial charge in [0, 0.05) is 31.2 Å². The maximum atomic E-state index is 12.8. The quantitative estimate of drug-likeness (QED) is 0.796. The van der Waals surface area contributed by atoms with Crippen LogP contribution in [0.2, 0.25) is 0 Å². The predicted octanol–water partition coefficient (Wildman–Crippen LogP) is 1.07. The van der Waals surface area contributed by atoms with Crippen LogP contribution in [0, 0.1) is 0 Å². The van der Waals surface area contributed by atoms with Gasteiger partial charge in [-0.2, -0.15) is 12.7 Å². The number of hydrogen-bond donors (Lipinski definition) is 2. The lowest BCUT2D eigenvalue weighted by Crippen LogP contribution is -2.60. The van der Waals surface area contributed by atoms with Gasteiger partial charge in [-0.3, -0.25) is 0 Å². The van der Waals surface area contributed by atoms with Crippen molar-refractivity contribution in [2.75, 3.05) is 20.1 Å². The summed E-state index contributed by atoms with van der Waals surface area (Å²) in [6.45, 7) is 5.53. The molecule has 0 radical (unpaired) electrons. The topological polar surface area (TPSA) is 64.7 Å². The largest absolute Gasteiger partial charge is 0.318 e. The maximum Gasteiger partial charge on any atom is 0.292 e. The van der Waals surface area contributed by atoms with Crippen LogP contribution in [0.3, 0.4) is 0 Å². The standard InChI is InChI=1S/C14H30N4O2S/c1-12-7-6-8-13(2)18(12)16-21(19,20)17-10-5-4-9-14(17)11-15-3/h12-16H,4-11H2,1-3H3. The molecule has 6 nitrogen and oxygen atoms in total. The summed E-state index contributed by atoms with van der Waals surface area (Å²) in [5, 5.41) is 5.05. The van der Waals surface area contributed by atoms with E-state index in [-0.39, 0.29) is 18.1 Å². The molecular formula is C14H30N4O2S. The zero-order chi connectivity index (χ0) is 15.5. The highest BCUT2D eigenvalue weighted by molar-refractivity contribution is 7.87. The number of piperidine rings is 2. The van der Waals surface area contributed by atoms with E-state index in [4.69, 9.17) is 0 Å². The fourth-order valence-corrected chi connectivity index (χ4v) is 5.19. The van der Waals surface area contributed by atoms with Crippen LogP contribution in [0.1, 0.15) is 52.4 Å². The van der Waals surface area contributed by atoms with E-state index in [2.05, 4.69) is 24.0 Å². The van der Waals surface area contributed by atoms with E-state index in [1.807, 2.05) is 12.1 Å². The summed E-state index contributed by atoms with van der Waals surface area (Å²) in [7, 11) is -1.57. The van der Waals surface area contributed by atoms with Gasteiger partial charge in [0.1, 0.15) is 0 Å². The molecule has 2 fully saturated rings. The molecule has 0 aliphatic carbocycles. The Labute approximate surface area is 129 Å². The number of hydrazine groups is 1. The molecule has 0 aromatic rings. The maximum absolute atomic E-state index is 12.8. The van der Waals surface area contributed by atoms with Gasteiger partial charge < -0.3 is 5.32 Å². The third kappa shape index (κ3) is 4.16. The van der Waals surface area contributed by atoms with Crippen molar-refractivity contribution in [2.24, 2.45) is 0 Å². The van der Waals surface area contributed by atoms with Gasteiger partial charge in [0.15, 0.2) is 0 Å². The molecule has 0 spiro atoms. The molecule has 3 atom stereocenters. The van der Waals surface area contributed by atoms with E-state index in [1.165, 1.54) is 6.42 Å². The second-order valence-electron chi connectivity index (χ2n) is 6.45. The molecule has 3 unspecified atom stereocenters. The minimum atomic E-state index is -3.45. The Kier molecular flexibility index (Phi) is 6.02. The molecular weight excluding hydrogens is 288 g/mol. The summed E-state index contributed by atoms with van der Waals surface area (Å²) >= 11 is 0. The van der Waals surface area contributed by atoms with Crippen molar-refractivity contribution in [1.29, 1.82) is 0 Å². The van der Waals surface area contributed by atoms with Crippen molar-refractivity contribution in [1.82, 2.24) is 19.5 Å². The van der Waals surface area contributed by atoms with Gasteiger partial charge in [-0.15, -0.1) is 4.83 Å². The van der Waals surface area contributed by atoms with Gasteiger partial charge in [-0.05, 0) is 46.6 Å². The molecule has 21 heavy (non-hydrogen) atoms. The first-order chi connectivity index (χ1) is 9.95. The van der Waals surface area contributed by atoms with Crippen LogP contribution in [0.4, 0.5) is 0 Å². The normalized spacial score (nSPS) is 33.2. The molecule has 2 saturated heterocycles. The average molecular weight is 318 g/mol. The number of likely N-dealkylation sites (N-methyl/N-ethyl adjacent to an activating group) is 1. The first-order valence-corrected chi connectivity index (χ1v) is 9.62. The van der Waals surface area contributed by atoms with Gasteiger partial charge in [0.05, 0.1) is 0 Å². The van der Waals surface area contributed by atoms with Crippen molar-refractivity contribution in [3.05, 3.63) is 0 Å². The minimum absolute atomic E-state index is 0.0663. The molecule has 124 valence electrons. The molecule has 7 heteroatoms. The molecule has 2 aliphatic rings. The van der Waals surface area contributed by atoms with Crippen LogP contribution < -0.4 is 10.1 Å². The summed E-state index contributed by atoms with van der Waals surface area (Å²) in [5.74, 6) is 0. The van der Waals surface area contributed by atoms with E-state index in [9.17, 15) is 8.42 Å². The Bertz CT molecular complexity index is 417. The predicted molar refractivity (Wildman–Crippen MR) is 84.9 cm³/mol. The Balaban J connectivity index is 2.08. The van der Waals surface area contributed by atoms with Crippen LogP contribution in [-0.4, -0.2) is 56.0 Å². The van der Waals surface area contributed by atoms with E-state index < -0.39 is 10.2 Å². The molecule has 0 bridgehead atoms. The van der Waals surface area contributed by atoms with E-state index in [0.29, 0.717) is 13.1 Å². The highest BCUT2D eigenvalue weighted by Crippen LogP contribution is 2.23. The van der Waals surface area contributed by atoms with Crippen LogP contribution in [-0.2, 0) is 10.2 Å². The SMILES string of the molecule is CNCC1CCCCN1S(=O)(=O)NN1C(C)CCCC1C. The second kappa shape index (κ2) is 7.37. The highest BCUT2D eigenvalue weighted by Gasteiger charge is 2.35.